The van der Waals surface area contributed by atoms with E-state index < -0.39 is 11.4 Å². The molecule has 2 aromatic rings. The third-order valence-electron chi connectivity index (χ3n) is 5.18. The van der Waals surface area contributed by atoms with Crippen LogP contribution in [0.1, 0.15) is 18.4 Å². The van der Waals surface area contributed by atoms with Crippen LogP contribution in [-0.4, -0.2) is 58.7 Å². The fourth-order valence-electron chi connectivity index (χ4n) is 3.81. The quantitative estimate of drug-likeness (QED) is 0.826. The van der Waals surface area contributed by atoms with Gasteiger partial charge in [0.15, 0.2) is 11.2 Å². The molecular weight excluding hydrogens is 338 g/mol. The molecule has 0 aliphatic carbocycles. The lowest BCUT2D eigenvalue weighted by Crippen LogP contribution is -2.39. The molecule has 4 rings (SSSR count). The number of hydrogen-bond acceptors (Lipinski definition) is 5. The maximum atomic E-state index is 12.6. The first-order chi connectivity index (χ1) is 12.4. The van der Waals surface area contributed by atoms with Gasteiger partial charge >= 0.3 is 11.8 Å². The minimum atomic E-state index is -0.586. The van der Waals surface area contributed by atoms with E-state index in [1.165, 1.54) is 9.47 Å². The van der Waals surface area contributed by atoms with Crippen LogP contribution in [0.15, 0.2) is 27.4 Å². The molecule has 2 aliphatic heterocycles. The fraction of sp³-hybridized carbons (Fsp3) is 0.500. The maximum absolute atomic E-state index is 12.6. The molecule has 2 aliphatic rings. The third kappa shape index (κ3) is 2.75. The lowest BCUT2D eigenvalue weighted by atomic mass is 10.0. The predicted molar refractivity (Wildman–Crippen MR) is 92.9 cm³/mol. The van der Waals surface area contributed by atoms with Crippen LogP contribution < -0.4 is 5.76 Å². The second-order valence-corrected chi connectivity index (χ2v) is 7.21. The number of fused-ring (bicyclic) bond motifs is 1. The van der Waals surface area contributed by atoms with E-state index >= 15 is 0 Å². The predicted octanol–water partition coefficient (Wildman–Crippen LogP) is 1.35. The van der Waals surface area contributed by atoms with E-state index in [2.05, 4.69) is 0 Å². The van der Waals surface area contributed by atoms with Gasteiger partial charge in [-0.2, -0.15) is 0 Å². The largest absolute Gasteiger partial charge is 0.439 e. The Morgan fingerprint density at radius 3 is 2.81 bits per heavy atom. The molecule has 1 spiro atoms. The first-order valence-electron chi connectivity index (χ1n) is 8.69. The number of nitrogens with zero attached hydrogens (tertiary/aromatic N) is 3. The number of likely N-dealkylation sites (N-methyl/N-ethyl adjacent to an activating group) is 1. The van der Waals surface area contributed by atoms with Crippen LogP contribution in [0.3, 0.4) is 0 Å². The van der Waals surface area contributed by atoms with Crippen molar-refractivity contribution in [3.05, 3.63) is 34.3 Å². The third-order valence-corrected chi connectivity index (χ3v) is 5.18. The SMILES string of the molecule is Cc1ccc2oc(=O)n(CCC(=O)N3CC[C@]4(CN(C)C(=O)O4)C3)c2c1. The molecule has 3 heterocycles. The molecule has 0 N–H and O–H groups in total. The average Bonchev–Trinajstić information content (AvgIpc) is 3.22. The summed E-state index contributed by atoms with van der Waals surface area (Å²) in [7, 11) is 1.69. The summed E-state index contributed by atoms with van der Waals surface area (Å²) in [5.74, 6) is -0.510. The molecule has 1 aromatic carbocycles. The first-order valence-corrected chi connectivity index (χ1v) is 8.69. The van der Waals surface area contributed by atoms with E-state index in [1.807, 2.05) is 19.1 Å². The molecule has 2 saturated heterocycles. The number of amides is 2. The summed E-state index contributed by atoms with van der Waals surface area (Å²) in [6, 6.07) is 5.52. The summed E-state index contributed by atoms with van der Waals surface area (Å²) in [5, 5.41) is 0. The molecule has 2 amide bonds. The fourth-order valence-corrected chi connectivity index (χ4v) is 3.81. The van der Waals surface area contributed by atoms with Gasteiger partial charge in [-0.25, -0.2) is 9.59 Å². The minimum absolute atomic E-state index is 0.0543. The van der Waals surface area contributed by atoms with Crippen LogP contribution in [0, 0.1) is 6.92 Å². The van der Waals surface area contributed by atoms with Crippen LogP contribution in [0.5, 0.6) is 0 Å². The Morgan fingerprint density at radius 1 is 1.27 bits per heavy atom. The van der Waals surface area contributed by atoms with Crippen LogP contribution >= 0.6 is 0 Å². The second-order valence-electron chi connectivity index (χ2n) is 7.21. The Hall–Kier alpha value is -2.77. The zero-order valence-electron chi connectivity index (χ0n) is 14.9. The number of oxazole rings is 1. The van der Waals surface area contributed by atoms with Gasteiger partial charge in [-0.1, -0.05) is 6.07 Å². The number of likely N-dealkylation sites (tertiary alicyclic amines) is 1. The van der Waals surface area contributed by atoms with Crippen molar-refractivity contribution < 1.29 is 18.7 Å². The molecule has 8 heteroatoms. The number of hydrogen-bond donors (Lipinski definition) is 0. The number of carbonyl (C=O) groups excluding carboxylic acids is 2. The Kier molecular flexibility index (Phi) is 3.78. The number of aryl methyl sites for hydroxylation is 2. The summed E-state index contributed by atoms with van der Waals surface area (Å²) in [6.07, 6.45) is 0.497. The van der Waals surface area contributed by atoms with Crippen molar-refractivity contribution in [3.8, 4) is 0 Å². The zero-order chi connectivity index (χ0) is 18.5. The number of aromatic nitrogens is 1. The van der Waals surface area contributed by atoms with E-state index in [9.17, 15) is 14.4 Å². The molecule has 0 bridgehead atoms. The summed E-state index contributed by atoms with van der Waals surface area (Å²) < 4.78 is 12.2. The topological polar surface area (TPSA) is 85.0 Å². The van der Waals surface area contributed by atoms with Gasteiger partial charge in [0.05, 0.1) is 18.6 Å². The highest BCUT2D eigenvalue weighted by atomic mass is 16.6. The lowest BCUT2D eigenvalue weighted by Gasteiger charge is -2.21. The summed E-state index contributed by atoms with van der Waals surface area (Å²) in [4.78, 5) is 39.5. The number of benzene rings is 1. The maximum Gasteiger partial charge on any atom is 0.419 e. The summed E-state index contributed by atoms with van der Waals surface area (Å²) in [5.41, 5.74) is 1.66. The molecule has 1 aromatic heterocycles. The average molecular weight is 359 g/mol. The van der Waals surface area contributed by atoms with Crippen molar-refractivity contribution >= 4 is 23.1 Å². The molecule has 0 unspecified atom stereocenters. The molecule has 1 atom stereocenters. The van der Waals surface area contributed by atoms with E-state index in [0.717, 1.165) is 5.56 Å². The lowest BCUT2D eigenvalue weighted by molar-refractivity contribution is -0.131. The van der Waals surface area contributed by atoms with Crippen molar-refractivity contribution in [1.29, 1.82) is 0 Å². The van der Waals surface area contributed by atoms with Crippen molar-refractivity contribution in [1.82, 2.24) is 14.4 Å². The Balaban J connectivity index is 1.44. The molecular formula is C18H21N3O5. The monoisotopic (exact) mass is 359 g/mol. The second kappa shape index (κ2) is 5.89. The Morgan fingerprint density at radius 2 is 2.08 bits per heavy atom. The highest BCUT2D eigenvalue weighted by molar-refractivity contribution is 5.78. The van der Waals surface area contributed by atoms with E-state index in [1.54, 1.807) is 18.0 Å². The zero-order valence-corrected chi connectivity index (χ0v) is 14.9. The smallest absolute Gasteiger partial charge is 0.419 e. The standard InChI is InChI=1S/C18H21N3O5/c1-12-3-4-14-13(9-12)21(17(24)25-14)7-5-15(22)20-8-6-18(11-20)10-19(2)16(23)26-18/h3-4,9H,5-8,10-11H2,1-2H3/t18-/m0/s1. The van der Waals surface area contributed by atoms with Crippen LogP contribution in [0.2, 0.25) is 0 Å². The van der Waals surface area contributed by atoms with E-state index in [0.29, 0.717) is 37.2 Å². The van der Waals surface area contributed by atoms with E-state index in [-0.39, 0.29) is 25.0 Å². The van der Waals surface area contributed by atoms with E-state index in [4.69, 9.17) is 9.15 Å². The van der Waals surface area contributed by atoms with Crippen molar-refractivity contribution in [2.24, 2.45) is 0 Å². The van der Waals surface area contributed by atoms with Crippen LogP contribution in [0.4, 0.5) is 4.79 Å². The number of rotatable bonds is 3. The van der Waals surface area contributed by atoms with Crippen molar-refractivity contribution in [2.75, 3.05) is 26.7 Å². The molecule has 138 valence electrons. The molecule has 0 saturated carbocycles. The summed E-state index contributed by atoms with van der Waals surface area (Å²) in [6.45, 7) is 3.66. The van der Waals surface area contributed by atoms with Crippen molar-refractivity contribution in [2.45, 2.75) is 31.9 Å². The van der Waals surface area contributed by atoms with Gasteiger partial charge in [0.2, 0.25) is 5.91 Å². The normalized spacial score (nSPS) is 22.6. The summed E-state index contributed by atoms with van der Waals surface area (Å²) >= 11 is 0. The number of carbonyl (C=O) groups is 2. The van der Waals surface area contributed by atoms with Gasteiger partial charge < -0.3 is 19.0 Å². The molecule has 26 heavy (non-hydrogen) atoms. The Labute approximate surface area is 149 Å². The minimum Gasteiger partial charge on any atom is -0.439 e. The van der Waals surface area contributed by atoms with Gasteiger partial charge in [-0.15, -0.1) is 0 Å². The van der Waals surface area contributed by atoms with Crippen LogP contribution in [-0.2, 0) is 16.1 Å². The Bertz CT molecular complexity index is 946. The van der Waals surface area contributed by atoms with Crippen molar-refractivity contribution in [3.63, 3.8) is 0 Å². The number of ether oxygens (including phenoxy) is 1. The van der Waals surface area contributed by atoms with Gasteiger partial charge in [0, 0.05) is 33.0 Å². The van der Waals surface area contributed by atoms with Gasteiger partial charge in [0.1, 0.15) is 0 Å². The highest BCUT2D eigenvalue weighted by Crippen LogP contribution is 2.32. The molecule has 0 radical (unpaired) electrons. The van der Waals surface area contributed by atoms with Gasteiger partial charge in [-0.05, 0) is 24.6 Å². The van der Waals surface area contributed by atoms with Gasteiger partial charge in [0.25, 0.3) is 0 Å². The van der Waals surface area contributed by atoms with Crippen LogP contribution in [0.25, 0.3) is 11.1 Å². The highest BCUT2D eigenvalue weighted by Gasteiger charge is 2.49. The molecule has 2 fully saturated rings. The first kappa shape index (κ1) is 16.7. The molecule has 8 nitrogen and oxygen atoms in total. The van der Waals surface area contributed by atoms with Gasteiger partial charge in [-0.3, -0.25) is 9.36 Å².